The van der Waals surface area contributed by atoms with E-state index in [-0.39, 0.29) is 0 Å². The molecular formula is C22H32O. The van der Waals surface area contributed by atoms with Crippen LogP contribution in [0.5, 0.6) is 0 Å². The smallest absolute Gasteiger partial charge is 0.150 e. The number of carbonyl (C=O) groups is 1. The van der Waals surface area contributed by atoms with Gasteiger partial charge in [-0.2, -0.15) is 0 Å². The van der Waals surface area contributed by atoms with E-state index >= 15 is 0 Å². The molecule has 23 heavy (non-hydrogen) atoms. The van der Waals surface area contributed by atoms with E-state index in [0.717, 1.165) is 11.8 Å². The van der Waals surface area contributed by atoms with Crippen LogP contribution in [0.1, 0.15) is 82.6 Å². The molecule has 0 bridgehead atoms. The summed E-state index contributed by atoms with van der Waals surface area (Å²) in [7, 11) is 0. The van der Waals surface area contributed by atoms with E-state index in [1.54, 1.807) is 0 Å². The van der Waals surface area contributed by atoms with Gasteiger partial charge >= 0.3 is 0 Å². The highest BCUT2D eigenvalue weighted by atomic mass is 16.1. The molecule has 1 aromatic rings. The summed E-state index contributed by atoms with van der Waals surface area (Å²) in [5.74, 6) is 0.365. The van der Waals surface area contributed by atoms with Gasteiger partial charge in [0.05, 0.1) is 0 Å². The second kappa shape index (κ2) is 8.86. The standard InChI is InChI=1S/C20H26O.C2H6/c1-15(18-10-8-17(14-21)9-11-18)7-12-19-16(2)6-5-13-20(19,3)4;1-2/h7-12,14-15H,5-6,13H2,1-4H3;1-2H3/b12-7+;. The third-order valence-corrected chi connectivity index (χ3v) is 4.69. The van der Waals surface area contributed by atoms with Crippen molar-refractivity contribution in [1.29, 1.82) is 0 Å². The molecule has 1 nitrogen and oxygen atoms in total. The first-order valence-electron chi connectivity index (χ1n) is 8.87. The lowest BCUT2D eigenvalue weighted by atomic mass is 9.72. The van der Waals surface area contributed by atoms with Crippen LogP contribution < -0.4 is 0 Å². The van der Waals surface area contributed by atoms with Crippen LogP contribution in [-0.4, -0.2) is 6.29 Å². The summed E-state index contributed by atoms with van der Waals surface area (Å²) in [6.07, 6.45) is 9.31. The summed E-state index contributed by atoms with van der Waals surface area (Å²) in [5, 5.41) is 0. The Balaban J connectivity index is 0.00000127. The predicted molar refractivity (Wildman–Crippen MR) is 101 cm³/mol. The zero-order valence-electron chi connectivity index (χ0n) is 15.6. The topological polar surface area (TPSA) is 17.1 Å². The lowest BCUT2D eigenvalue weighted by Crippen LogP contribution is -2.19. The monoisotopic (exact) mass is 312 g/mol. The van der Waals surface area contributed by atoms with Crippen molar-refractivity contribution >= 4 is 6.29 Å². The van der Waals surface area contributed by atoms with Crippen molar-refractivity contribution in [2.24, 2.45) is 5.41 Å². The molecule has 0 saturated heterocycles. The predicted octanol–water partition coefficient (Wildman–Crippen LogP) is 6.71. The Morgan fingerprint density at radius 2 is 1.74 bits per heavy atom. The Morgan fingerprint density at radius 1 is 1.13 bits per heavy atom. The van der Waals surface area contributed by atoms with Gasteiger partial charge in [-0.05, 0) is 48.7 Å². The van der Waals surface area contributed by atoms with Gasteiger partial charge in [0.2, 0.25) is 0 Å². The van der Waals surface area contributed by atoms with Crippen molar-refractivity contribution in [2.75, 3.05) is 0 Å². The maximum Gasteiger partial charge on any atom is 0.150 e. The first kappa shape index (κ1) is 19.4. The first-order chi connectivity index (χ1) is 10.9. The van der Waals surface area contributed by atoms with Crippen molar-refractivity contribution in [2.45, 2.75) is 66.7 Å². The van der Waals surface area contributed by atoms with Gasteiger partial charge in [0.1, 0.15) is 6.29 Å². The molecule has 126 valence electrons. The average Bonchev–Trinajstić information content (AvgIpc) is 2.55. The number of aldehydes is 1. The largest absolute Gasteiger partial charge is 0.298 e. The number of hydrogen-bond acceptors (Lipinski definition) is 1. The maximum absolute atomic E-state index is 10.7. The van der Waals surface area contributed by atoms with E-state index in [0.29, 0.717) is 11.3 Å². The zero-order valence-corrected chi connectivity index (χ0v) is 15.6. The van der Waals surface area contributed by atoms with E-state index in [4.69, 9.17) is 0 Å². The van der Waals surface area contributed by atoms with Crippen LogP contribution in [0.4, 0.5) is 0 Å². The molecule has 0 radical (unpaired) electrons. The minimum absolute atomic E-state index is 0.292. The van der Waals surface area contributed by atoms with Gasteiger partial charge in [0, 0.05) is 5.56 Å². The highest BCUT2D eigenvalue weighted by molar-refractivity contribution is 5.74. The summed E-state index contributed by atoms with van der Waals surface area (Å²) in [6.45, 7) is 13.2. The molecular weight excluding hydrogens is 280 g/mol. The van der Waals surface area contributed by atoms with Crippen LogP contribution in [0.3, 0.4) is 0 Å². The van der Waals surface area contributed by atoms with Crippen LogP contribution in [0.2, 0.25) is 0 Å². The molecule has 2 rings (SSSR count). The molecule has 1 unspecified atom stereocenters. The number of benzene rings is 1. The molecule has 1 aromatic carbocycles. The Hall–Kier alpha value is -1.63. The van der Waals surface area contributed by atoms with Gasteiger partial charge in [0.25, 0.3) is 0 Å². The minimum atomic E-state index is 0.292. The van der Waals surface area contributed by atoms with Crippen molar-refractivity contribution in [3.8, 4) is 0 Å². The van der Waals surface area contributed by atoms with E-state index < -0.39 is 0 Å². The van der Waals surface area contributed by atoms with Crippen LogP contribution >= 0.6 is 0 Å². The Morgan fingerprint density at radius 3 is 2.26 bits per heavy atom. The summed E-state index contributed by atoms with van der Waals surface area (Å²) in [5.41, 5.74) is 5.32. The molecule has 1 heteroatoms. The highest BCUT2D eigenvalue weighted by Crippen LogP contribution is 2.41. The summed E-state index contributed by atoms with van der Waals surface area (Å²) in [4.78, 5) is 10.7. The van der Waals surface area contributed by atoms with E-state index in [1.165, 1.54) is 36.0 Å². The molecule has 1 atom stereocenters. The fraction of sp³-hybridized carbons (Fsp3) is 0.500. The third kappa shape index (κ3) is 5.20. The van der Waals surface area contributed by atoms with Gasteiger partial charge in [0.15, 0.2) is 0 Å². The molecule has 0 aliphatic heterocycles. The summed E-state index contributed by atoms with van der Waals surface area (Å²) < 4.78 is 0. The fourth-order valence-electron chi connectivity index (χ4n) is 3.24. The molecule has 0 saturated carbocycles. The molecule has 0 heterocycles. The SMILES string of the molecule is CC.CC1=C(/C=C/C(C)c2ccc(C=O)cc2)C(C)(C)CCC1. The molecule has 1 aliphatic carbocycles. The Kier molecular flexibility index (Phi) is 7.48. The van der Waals surface area contributed by atoms with E-state index in [1.807, 2.05) is 38.1 Å². The second-order valence-corrected chi connectivity index (χ2v) is 6.86. The third-order valence-electron chi connectivity index (χ3n) is 4.69. The van der Waals surface area contributed by atoms with Crippen molar-refractivity contribution < 1.29 is 4.79 Å². The summed E-state index contributed by atoms with van der Waals surface area (Å²) >= 11 is 0. The molecule has 0 amide bonds. The van der Waals surface area contributed by atoms with Gasteiger partial charge in [-0.3, -0.25) is 4.79 Å². The number of carbonyl (C=O) groups excluding carboxylic acids is 1. The zero-order chi connectivity index (χ0) is 17.5. The fourth-order valence-corrected chi connectivity index (χ4v) is 3.24. The van der Waals surface area contributed by atoms with Crippen molar-refractivity contribution in [3.05, 3.63) is 58.7 Å². The van der Waals surface area contributed by atoms with E-state index in [9.17, 15) is 4.79 Å². The molecule has 1 aliphatic rings. The number of rotatable bonds is 4. The van der Waals surface area contributed by atoms with Crippen LogP contribution in [0.25, 0.3) is 0 Å². The van der Waals surface area contributed by atoms with Gasteiger partial charge in [-0.15, -0.1) is 0 Å². The molecule has 0 N–H and O–H groups in total. The number of allylic oxidation sites excluding steroid dienone is 4. The second-order valence-electron chi connectivity index (χ2n) is 6.86. The Bertz CT molecular complexity index is 558. The summed E-state index contributed by atoms with van der Waals surface area (Å²) in [6, 6.07) is 7.88. The van der Waals surface area contributed by atoms with Crippen molar-refractivity contribution in [3.63, 3.8) is 0 Å². The van der Waals surface area contributed by atoms with E-state index in [2.05, 4.69) is 39.8 Å². The normalized spacial score (nSPS) is 18.3. The molecule has 0 fully saturated rings. The van der Waals surface area contributed by atoms with Crippen LogP contribution in [0.15, 0.2) is 47.6 Å². The highest BCUT2D eigenvalue weighted by Gasteiger charge is 2.26. The molecule has 0 aromatic heterocycles. The quantitative estimate of drug-likeness (QED) is 0.564. The Labute approximate surface area is 142 Å². The maximum atomic E-state index is 10.7. The average molecular weight is 312 g/mol. The van der Waals surface area contributed by atoms with Gasteiger partial charge < -0.3 is 0 Å². The van der Waals surface area contributed by atoms with Gasteiger partial charge in [-0.25, -0.2) is 0 Å². The number of hydrogen-bond donors (Lipinski definition) is 0. The lowest BCUT2D eigenvalue weighted by molar-refractivity contribution is 0.112. The van der Waals surface area contributed by atoms with Gasteiger partial charge in [-0.1, -0.05) is 76.6 Å². The lowest BCUT2D eigenvalue weighted by Gasteiger charge is -2.33. The minimum Gasteiger partial charge on any atom is -0.298 e. The first-order valence-corrected chi connectivity index (χ1v) is 8.87. The van der Waals surface area contributed by atoms with Crippen LogP contribution in [0, 0.1) is 5.41 Å². The van der Waals surface area contributed by atoms with Crippen molar-refractivity contribution in [1.82, 2.24) is 0 Å². The molecule has 0 spiro atoms. The van der Waals surface area contributed by atoms with Crippen LogP contribution in [-0.2, 0) is 0 Å².